The van der Waals surface area contributed by atoms with Gasteiger partial charge in [0, 0.05) is 0 Å². The van der Waals surface area contributed by atoms with Crippen molar-refractivity contribution in [1.29, 1.82) is 0 Å². The Morgan fingerprint density at radius 1 is 1.19 bits per heavy atom. The largest absolute Gasteiger partial charge is 0.497 e. The molecule has 1 unspecified atom stereocenters. The summed E-state index contributed by atoms with van der Waals surface area (Å²) in [5.41, 5.74) is 3.22. The number of carbonyl (C=O) groups excluding carboxylic acids is 2. The van der Waals surface area contributed by atoms with Gasteiger partial charge in [0.25, 0.3) is 5.91 Å². The van der Waals surface area contributed by atoms with Crippen LogP contribution in [0.4, 0.5) is 5.13 Å². The van der Waals surface area contributed by atoms with Gasteiger partial charge in [-0.2, -0.15) is 0 Å². The molecule has 0 saturated heterocycles. The molecule has 0 bridgehead atoms. The van der Waals surface area contributed by atoms with Gasteiger partial charge in [0.1, 0.15) is 22.8 Å². The summed E-state index contributed by atoms with van der Waals surface area (Å²) in [6.45, 7) is 9.11. The predicted molar refractivity (Wildman–Crippen MR) is 141 cm³/mol. The first-order valence-corrected chi connectivity index (χ1v) is 12.4. The van der Waals surface area contributed by atoms with Crippen molar-refractivity contribution in [3.05, 3.63) is 97.9 Å². The van der Waals surface area contributed by atoms with E-state index >= 15 is 0 Å². The van der Waals surface area contributed by atoms with Crippen LogP contribution in [0.15, 0.2) is 58.3 Å². The van der Waals surface area contributed by atoms with E-state index in [9.17, 15) is 14.4 Å². The molecule has 8 nitrogen and oxygen atoms in total. The van der Waals surface area contributed by atoms with Crippen LogP contribution < -0.4 is 15.1 Å². The van der Waals surface area contributed by atoms with Gasteiger partial charge >= 0.3 is 5.97 Å². The van der Waals surface area contributed by atoms with E-state index in [-0.39, 0.29) is 33.4 Å². The fourth-order valence-corrected chi connectivity index (χ4v) is 5.41. The molecule has 0 N–H and O–H groups in total. The summed E-state index contributed by atoms with van der Waals surface area (Å²) in [6.07, 6.45) is 1.47. The number of methoxy groups -OCH3 is 1. The Labute approximate surface area is 216 Å². The van der Waals surface area contributed by atoms with Gasteiger partial charge in [-0.3, -0.25) is 14.5 Å². The highest BCUT2D eigenvalue weighted by Gasteiger charge is 2.45. The molecular weight excluding hydrogens is 492 g/mol. The number of carbonyl (C=O) groups is 2. The molecule has 188 valence electrons. The molecule has 37 heavy (non-hydrogen) atoms. The molecule has 3 heterocycles. The van der Waals surface area contributed by atoms with Gasteiger partial charge in [-0.1, -0.05) is 36.1 Å². The molecule has 9 heteroatoms. The lowest BCUT2D eigenvalue weighted by Gasteiger charge is -2.22. The van der Waals surface area contributed by atoms with Crippen LogP contribution in [0.25, 0.3) is 11.0 Å². The minimum Gasteiger partial charge on any atom is -0.497 e. The fourth-order valence-electron chi connectivity index (χ4n) is 4.43. The topological polar surface area (TPSA) is 98.9 Å². The first kappa shape index (κ1) is 24.5. The van der Waals surface area contributed by atoms with Crippen LogP contribution in [0.2, 0.25) is 0 Å². The first-order valence-electron chi connectivity index (χ1n) is 11.6. The predicted octanol–water partition coefficient (Wildman–Crippen LogP) is 5.28. The monoisotopic (exact) mass is 516 g/mol. The number of nitrogens with zero attached hydrogens (tertiary/aromatic N) is 2. The number of ether oxygens (including phenoxy) is 2. The summed E-state index contributed by atoms with van der Waals surface area (Å²) in [7, 11) is 1.54. The minimum absolute atomic E-state index is 0.0443. The van der Waals surface area contributed by atoms with Gasteiger partial charge in [0.05, 0.1) is 29.8 Å². The second-order valence-electron chi connectivity index (χ2n) is 8.76. The molecule has 5 rings (SSSR count). The SMILES string of the molecule is C=CCOC(=O)c1sc(N2C(=O)c3oc4cc(C)c(C)cc4c(=O)c3C2c2cccc(OC)c2)nc1C. The number of amides is 1. The van der Waals surface area contributed by atoms with E-state index in [1.807, 2.05) is 19.9 Å². The Balaban J connectivity index is 1.74. The molecule has 1 aliphatic heterocycles. The standard InChI is InChI=1S/C28H24N2O6S/c1-6-10-35-27(33)25-16(4)29-28(37-25)30-22(17-8-7-9-18(13-17)34-5)21-23(31)19-11-14(2)15(3)12-20(19)36-24(21)26(30)32/h6-9,11-13,22H,1,10H2,2-5H3. The maximum absolute atomic E-state index is 13.9. The summed E-state index contributed by atoms with van der Waals surface area (Å²) in [4.78, 5) is 46.5. The van der Waals surface area contributed by atoms with Crippen molar-refractivity contribution in [2.75, 3.05) is 18.6 Å². The van der Waals surface area contributed by atoms with Crippen molar-refractivity contribution in [1.82, 2.24) is 4.98 Å². The van der Waals surface area contributed by atoms with Crippen molar-refractivity contribution < 1.29 is 23.5 Å². The van der Waals surface area contributed by atoms with Crippen LogP contribution in [0, 0.1) is 20.8 Å². The lowest BCUT2D eigenvalue weighted by atomic mass is 9.97. The van der Waals surface area contributed by atoms with Crippen LogP contribution in [0.5, 0.6) is 5.75 Å². The number of hydrogen-bond donors (Lipinski definition) is 0. The second kappa shape index (κ2) is 9.33. The van der Waals surface area contributed by atoms with Gasteiger partial charge in [0.15, 0.2) is 10.6 Å². The lowest BCUT2D eigenvalue weighted by Crippen LogP contribution is -2.29. The Morgan fingerprint density at radius 3 is 2.68 bits per heavy atom. The Morgan fingerprint density at radius 2 is 1.95 bits per heavy atom. The fraction of sp³-hybridized carbons (Fsp3) is 0.214. The van der Waals surface area contributed by atoms with Crippen LogP contribution in [-0.2, 0) is 4.74 Å². The maximum atomic E-state index is 13.9. The normalized spacial score (nSPS) is 14.6. The summed E-state index contributed by atoms with van der Waals surface area (Å²) >= 11 is 1.02. The minimum atomic E-state index is -0.831. The van der Waals surface area contributed by atoms with E-state index in [2.05, 4.69) is 11.6 Å². The van der Waals surface area contributed by atoms with E-state index in [0.717, 1.165) is 22.5 Å². The number of aryl methyl sites for hydroxylation is 3. The highest BCUT2D eigenvalue weighted by atomic mass is 32.1. The molecule has 1 amide bonds. The number of fused-ring (bicyclic) bond motifs is 2. The van der Waals surface area contributed by atoms with Crippen LogP contribution >= 0.6 is 11.3 Å². The van der Waals surface area contributed by atoms with Crippen molar-refractivity contribution in [3.63, 3.8) is 0 Å². The van der Waals surface area contributed by atoms with Gasteiger partial charge < -0.3 is 13.9 Å². The van der Waals surface area contributed by atoms with Gasteiger partial charge in [-0.25, -0.2) is 9.78 Å². The Bertz CT molecular complexity index is 1650. The molecule has 0 saturated carbocycles. The second-order valence-corrected chi connectivity index (χ2v) is 9.74. The molecule has 2 aromatic heterocycles. The molecular formula is C28H24N2O6S. The number of benzene rings is 2. The summed E-state index contributed by atoms with van der Waals surface area (Å²) in [6, 6.07) is 9.87. The zero-order chi connectivity index (χ0) is 26.4. The molecule has 2 aromatic carbocycles. The summed E-state index contributed by atoms with van der Waals surface area (Å²) < 4.78 is 16.7. The quantitative estimate of drug-likeness (QED) is 0.254. The maximum Gasteiger partial charge on any atom is 0.350 e. The number of esters is 1. The highest BCUT2D eigenvalue weighted by molar-refractivity contribution is 7.17. The first-order chi connectivity index (χ1) is 17.7. The van der Waals surface area contributed by atoms with E-state index in [4.69, 9.17) is 13.9 Å². The van der Waals surface area contributed by atoms with E-state index in [1.165, 1.54) is 11.0 Å². The molecule has 1 atom stereocenters. The van der Waals surface area contributed by atoms with Gasteiger partial charge in [-0.15, -0.1) is 0 Å². The third-order valence-electron chi connectivity index (χ3n) is 6.41. The van der Waals surface area contributed by atoms with Gasteiger partial charge in [0.2, 0.25) is 5.76 Å². The van der Waals surface area contributed by atoms with Crippen LogP contribution in [0.3, 0.4) is 0 Å². The van der Waals surface area contributed by atoms with Crippen LogP contribution in [0.1, 0.15) is 54.2 Å². The molecule has 0 fully saturated rings. The van der Waals surface area contributed by atoms with Crippen molar-refractivity contribution in [2.45, 2.75) is 26.8 Å². The third-order valence-corrected chi connectivity index (χ3v) is 7.54. The average molecular weight is 517 g/mol. The molecule has 0 aliphatic carbocycles. The Kier molecular flexibility index (Phi) is 6.16. The molecule has 4 aromatic rings. The number of anilines is 1. The number of thiazole rings is 1. The summed E-state index contributed by atoms with van der Waals surface area (Å²) in [5.74, 6) is -0.551. The van der Waals surface area contributed by atoms with Gasteiger partial charge in [-0.05, 0) is 61.7 Å². The zero-order valence-electron chi connectivity index (χ0n) is 20.8. The zero-order valence-corrected chi connectivity index (χ0v) is 21.6. The van der Waals surface area contributed by atoms with E-state index in [1.54, 1.807) is 44.4 Å². The van der Waals surface area contributed by atoms with E-state index in [0.29, 0.717) is 28.0 Å². The summed E-state index contributed by atoms with van der Waals surface area (Å²) in [5, 5.41) is 0.650. The van der Waals surface area contributed by atoms with Crippen molar-refractivity contribution in [3.8, 4) is 5.75 Å². The Hall–Kier alpha value is -4.24. The number of aromatic nitrogens is 1. The third kappa shape index (κ3) is 4.01. The molecule has 0 radical (unpaired) electrons. The average Bonchev–Trinajstić information content (AvgIpc) is 3.41. The molecule has 1 aliphatic rings. The smallest absolute Gasteiger partial charge is 0.350 e. The highest BCUT2D eigenvalue weighted by Crippen LogP contribution is 2.43. The lowest BCUT2D eigenvalue weighted by molar-refractivity contribution is 0.0554. The van der Waals surface area contributed by atoms with Crippen molar-refractivity contribution >= 4 is 39.3 Å². The van der Waals surface area contributed by atoms with Crippen LogP contribution in [-0.4, -0.2) is 30.6 Å². The molecule has 0 spiro atoms. The number of rotatable bonds is 6. The number of hydrogen-bond acceptors (Lipinski definition) is 8. The van der Waals surface area contributed by atoms with Crippen molar-refractivity contribution in [2.24, 2.45) is 0 Å². The van der Waals surface area contributed by atoms with E-state index < -0.39 is 17.9 Å².